The third-order valence-electron chi connectivity index (χ3n) is 3.58. The molecule has 1 saturated heterocycles. The van der Waals surface area contributed by atoms with Gasteiger partial charge in [0.2, 0.25) is 0 Å². The first-order valence-electron chi connectivity index (χ1n) is 6.68. The molecule has 3 nitrogen and oxygen atoms in total. The molecule has 1 aromatic carbocycles. The number of piperazine rings is 1. The number of hydrogen-bond donors (Lipinski definition) is 2. The molecule has 0 amide bonds. The van der Waals surface area contributed by atoms with Gasteiger partial charge in [0.15, 0.2) is 11.6 Å². The van der Waals surface area contributed by atoms with Crippen LogP contribution in [0.5, 0.6) is 5.75 Å². The summed E-state index contributed by atoms with van der Waals surface area (Å²) in [4.78, 5) is 2.27. The lowest BCUT2D eigenvalue weighted by atomic mass is 9.98. The van der Waals surface area contributed by atoms with Crippen molar-refractivity contribution in [3.63, 3.8) is 0 Å². The van der Waals surface area contributed by atoms with Crippen LogP contribution in [-0.2, 0) is 0 Å². The van der Waals surface area contributed by atoms with E-state index in [0.717, 1.165) is 31.7 Å². The number of hydrogen-bond acceptors (Lipinski definition) is 3. The van der Waals surface area contributed by atoms with Crippen molar-refractivity contribution in [3.05, 3.63) is 41.7 Å². The first kappa shape index (κ1) is 14.0. The van der Waals surface area contributed by atoms with Crippen LogP contribution in [0.15, 0.2) is 24.8 Å². The van der Waals surface area contributed by atoms with Gasteiger partial charge in [-0.05, 0) is 25.0 Å². The number of benzene rings is 1. The van der Waals surface area contributed by atoms with Crippen molar-refractivity contribution < 1.29 is 9.50 Å². The Morgan fingerprint density at radius 1 is 1.47 bits per heavy atom. The van der Waals surface area contributed by atoms with Crippen molar-refractivity contribution in [2.75, 3.05) is 26.2 Å². The summed E-state index contributed by atoms with van der Waals surface area (Å²) in [6, 6.07) is 3.23. The van der Waals surface area contributed by atoms with Crippen molar-refractivity contribution in [2.24, 2.45) is 0 Å². The average molecular weight is 264 g/mol. The van der Waals surface area contributed by atoms with E-state index >= 15 is 0 Å². The van der Waals surface area contributed by atoms with E-state index in [4.69, 9.17) is 0 Å². The highest BCUT2D eigenvalue weighted by molar-refractivity contribution is 5.39. The summed E-state index contributed by atoms with van der Waals surface area (Å²) in [5.74, 6) is -0.768. The predicted molar refractivity (Wildman–Crippen MR) is 74.8 cm³/mol. The Bertz CT molecular complexity index is 456. The van der Waals surface area contributed by atoms with Crippen LogP contribution in [0.1, 0.15) is 23.6 Å². The van der Waals surface area contributed by atoms with Gasteiger partial charge in [-0.3, -0.25) is 4.90 Å². The zero-order valence-corrected chi connectivity index (χ0v) is 11.3. The first-order valence-corrected chi connectivity index (χ1v) is 6.68. The van der Waals surface area contributed by atoms with Crippen molar-refractivity contribution in [2.45, 2.75) is 19.4 Å². The molecule has 0 bridgehead atoms. The van der Waals surface area contributed by atoms with Crippen molar-refractivity contribution in [1.82, 2.24) is 10.2 Å². The minimum Gasteiger partial charge on any atom is -0.505 e. The summed E-state index contributed by atoms with van der Waals surface area (Å²) >= 11 is 0. The van der Waals surface area contributed by atoms with Gasteiger partial charge in [-0.2, -0.15) is 0 Å². The highest BCUT2D eigenvalue weighted by atomic mass is 19.1. The molecule has 1 atom stereocenters. The van der Waals surface area contributed by atoms with Crippen LogP contribution >= 0.6 is 0 Å². The third kappa shape index (κ3) is 3.14. The number of nitrogens with one attached hydrogen (secondary N) is 1. The fourth-order valence-corrected chi connectivity index (χ4v) is 2.64. The van der Waals surface area contributed by atoms with E-state index in [1.807, 2.05) is 19.1 Å². The maximum atomic E-state index is 13.7. The molecular formula is C15H21FN2O. The Balaban J connectivity index is 2.34. The zero-order chi connectivity index (χ0) is 13.8. The standard InChI is InChI=1S/C15H21FN2O/c1-3-4-14(18-7-5-17-6-8-18)12-9-11(2)10-13(16)15(12)19/h3,9-10,14,17,19H,1,4-8H2,2H3/t14-/m0/s1. The van der Waals surface area contributed by atoms with Crippen molar-refractivity contribution in [3.8, 4) is 5.75 Å². The molecule has 1 heterocycles. The Morgan fingerprint density at radius 2 is 2.16 bits per heavy atom. The van der Waals surface area contributed by atoms with Crippen LogP contribution in [0.2, 0.25) is 0 Å². The van der Waals surface area contributed by atoms with E-state index in [0.29, 0.717) is 12.0 Å². The van der Waals surface area contributed by atoms with Gasteiger partial charge in [0.1, 0.15) is 0 Å². The number of halogens is 1. The molecule has 0 aromatic heterocycles. The van der Waals surface area contributed by atoms with E-state index in [2.05, 4.69) is 16.8 Å². The summed E-state index contributed by atoms with van der Waals surface area (Å²) in [5, 5.41) is 13.3. The molecule has 2 rings (SSSR count). The molecular weight excluding hydrogens is 243 g/mol. The lowest BCUT2D eigenvalue weighted by molar-refractivity contribution is 0.171. The topological polar surface area (TPSA) is 35.5 Å². The number of phenols is 1. The van der Waals surface area contributed by atoms with Crippen LogP contribution in [0.25, 0.3) is 0 Å². The molecule has 1 aromatic rings. The van der Waals surface area contributed by atoms with E-state index in [1.54, 1.807) is 0 Å². The summed E-state index contributed by atoms with van der Waals surface area (Å²) < 4.78 is 13.7. The highest BCUT2D eigenvalue weighted by Crippen LogP contribution is 2.34. The van der Waals surface area contributed by atoms with Gasteiger partial charge in [-0.25, -0.2) is 4.39 Å². The number of aryl methyl sites for hydroxylation is 1. The quantitative estimate of drug-likeness (QED) is 0.820. The molecule has 0 saturated carbocycles. The molecule has 4 heteroatoms. The molecule has 0 spiro atoms. The van der Waals surface area contributed by atoms with Gasteiger partial charge >= 0.3 is 0 Å². The molecule has 1 aliphatic heterocycles. The maximum Gasteiger partial charge on any atom is 0.165 e. The van der Waals surface area contributed by atoms with Crippen molar-refractivity contribution in [1.29, 1.82) is 0 Å². The Hall–Kier alpha value is -1.39. The monoisotopic (exact) mass is 264 g/mol. The lowest BCUT2D eigenvalue weighted by Crippen LogP contribution is -2.45. The molecule has 1 fully saturated rings. The number of nitrogens with zero attached hydrogens (tertiary/aromatic N) is 1. The lowest BCUT2D eigenvalue weighted by Gasteiger charge is -2.35. The Morgan fingerprint density at radius 3 is 2.79 bits per heavy atom. The molecule has 1 aliphatic rings. The average Bonchev–Trinajstić information content (AvgIpc) is 2.41. The second-order valence-corrected chi connectivity index (χ2v) is 5.01. The SMILES string of the molecule is C=CC[C@@H](c1cc(C)cc(F)c1O)N1CCNCC1. The largest absolute Gasteiger partial charge is 0.505 e. The van der Waals surface area contributed by atoms with Gasteiger partial charge in [0, 0.05) is 37.8 Å². The van der Waals surface area contributed by atoms with Crippen molar-refractivity contribution >= 4 is 0 Å². The fourth-order valence-electron chi connectivity index (χ4n) is 2.64. The van der Waals surface area contributed by atoms with Crippen LogP contribution in [0, 0.1) is 12.7 Å². The minimum absolute atomic E-state index is 0.00556. The van der Waals surface area contributed by atoms with Gasteiger partial charge < -0.3 is 10.4 Å². The summed E-state index contributed by atoms with van der Waals surface area (Å²) in [7, 11) is 0. The molecule has 2 N–H and O–H groups in total. The van der Waals surface area contributed by atoms with E-state index in [1.165, 1.54) is 6.07 Å². The normalized spacial score (nSPS) is 18.2. The van der Waals surface area contributed by atoms with E-state index < -0.39 is 5.82 Å². The van der Waals surface area contributed by atoms with Gasteiger partial charge in [0.05, 0.1) is 0 Å². The van der Waals surface area contributed by atoms with E-state index in [9.17, 15) is 9.50 Å². The third-order valence-corrected chi connectivity index (χ3v) is 3.58. The van der Waals surface area contributed by atoms with E-state index in [-0.39, 0.29) is 11.8 Å². The molecule has 0 radical (unpaired) electrons. The zero-order valence-electron chi connectivity index (χ0n) is 11.3. The van der Waals surface area contributed by atoms with Gasteiger partial charge in [-0.1, -0.05) is 12.1 Å². The summed E-state index contributed by atoms with van der Waals surface area (Å²) in [6.45, 7) is 9.25. The molecule has 0 aliphatic carbocycles. The van der Waals surface area contributed by atoms with Crippen LogP contribution in [0.4, 0.5) is 4.39 Å². The highest BCUT2D eigenvalue weighted by Gasteiger charge is 2.24. The second-order valence-electron chi connectivity index (χ2n) is 5.01. The summed E-state index contributed by atoms with van der Waals surface area (Å²) in [5.41, 5.74) is 1.49. The number of aromatic hydroxyl groups is 1. The summed E-state index contributed by atoms with van der Waals surface area (Å²) in [6.07, 6.45) is 2.53. The van der Waals surface area contributed by atoms with Crippen LogP contribution in [-0.4, -0.2) is 36.2 Å². The fraction of sp³-hybridized carbons (Fsp3) is 0.467. The van der Waals surface area contributed by atoms with Gasteiger partial charge in [-0.15, -0.1) is 6.58 Å². The predicted octanol–water partition coefficient (Wildman–Crippen LogP) is 2.36. The Kier molecular flexibility index (Phi) is 4.56. The molecule has 19 heavy (non-hydrogen) atoms. The van der Waals surface area contributed by atoms with Crippen LogP contribution in [0.3, 0.4) is 0 Å². The number of phenolic OH excluding ortho intramolecular Hbond substituents is 1. The maximum absolute atomic E-state index is 13.7. The second kappa shape index (κ2) is 6.17. The van der Waals surface area contributed by atoms with Gasteiger partial charge in [0.25, 0.3) is 0 Å². The Labute approximate surface area is 113 Å². The van der Waals surface area contributed by atoms with Crippen LogP contribution < -0.4 is 5.32 Å². The first-order chi connectivity index (χ1) is 9.13. The molecule has 104 valence electrons. The minimum atomic E-state index is -0.542. The smallest absolute Gasteiger partial charge is 0.165 e. The number of rotatable bonds is 4. The molecule has 0 unspecified atom stereocenters.